The van der Waals surface area contributed by atoms with E-state index in [-0.39, 0.29) is 31.4 Å². The van der Waals surface area contributed by atoms with Crippen molar-refractivity contribution in [3.8, 4) is 0 Å². The van der Waals surface area contributed by atoms with Gasteiger partial charge < -0.3 is 20.1 Å². The number of rotatable bonds is 5. The highest BCUT2D eigenvalue weighted by atomic mass is 16.5. The highest BCUT2D eigenvalue weighted by Crippen LogP contribution is 2.27. The maximum atomic E-state index is 11.8. The fourth-order valence-electron chi connectivity index (χ4n) is 2.21. The Morgan fingerprint density at radius 2 is 2.19 bits per heavy atom. The third kappa shape index (κ3) is 3.38. The van der Waals surface area contributed by atoms with Gasteiger partial charge in [0.05, 0.1) is 12.7 Å². The number of aliphatic hydroxyl groups excluding tert-OH is 2. The molecule has 1 aliphatic heterocycles. The van der Waals surface area contributed by atoms with Crippen molar-refractivity contribution in [3.63, 3.8) is 0 Å². The van der Waals surface area contributed by atoms with Crippen LogP contribution in [-0.2, 0) is 16.0 Å². The van der Waals surface area contributed by atoms with Gasteiger partial charge in [0, 0.05) is 24.6 Å². The van der Waals surface area contributed by atoms with Crippen molar-refractivity contribution in [2.24, 2.45) is 0 Å². The predicted molar refractivity (Wildman–Crippen MR) is 68.9 cm³/mol. The molecule has 21 heavy (non-hydrogen) atoms. The topological polar surface area (TPSA) is 142 Å². The monoisotopic (exact) mass is 300 g/mol. The minimum Gasteiger partial charge on any atom is -0.481 e. The molecule has 1 aromatic rings. The Labute approximate surface area is 118 Å². The number of aliphatic carboxylic acids is 1. The van der Waals surface area contributed by atoms with Gasteiger partial charge in [0.25, 0.3) is 5.56 Å². The van der Waals surface area contributed by atoms with Crippen LogP contribution in [0.15, 0.2) is 15.8 Å². The van der Waals surface area contributed by atoms with Gasteiger partial charge in [0.15, 0.2) is 0 Å². The normalized spacial score (nSPS) is 25.1. The molecule has 0 amide bonds. The zero-order valence-corrected chi connectivity index (χ0v) is 11.1. The molecule has 3 atom stereocenters. The SMILES string of the molecule is O=C(O)CCc1cn([C@H]2CC(O)[C@@H](CO)O2)c(=O)[nH]c1=O. The summed E-state index contributed by atoms with van der Waals surface area (Å²) < 4.78 is 6.43. The molecule has 2 heterocycles. The lowest BCUT2D eigenvalue weighted by atomic mass is 10.2. The number of aryl methyl sites for hydroxylation is 1. The summed E-state index contributed by atoms with van der Waals surface area (Å²) in [5.41, 5.74) is -1.22. The molecule has 1 fully saturated rings. The third-order valence-electron chi connectivity index (χ3n) is 3.34. The van der Waals surface area contributed by atoms with Crippen LogP contribution in [-0.4, -0.2) is 49.7 Å². The van der Waals surface area contributed by atoms with Gasteiger partial charge in [0.2, 0.25) is 0 Å². The second-order valence-corrected chi connectivity index (χ2v) is 4.83. The van der Waals surface area contributed by atoms with Gasteiger partial charge >= 0.3 is 11.7 Å². The molecular weight excluding hydrogens is 284 g/mol. The first-order valence-electron chi connectivity index (χ1n) is 6.43. The minimum absolute atomic E-state index is 0.0242. The first-order chi connectivity index (χ1) is 9.92. The van der Waals surface area contributed by atoms with E-state index in [4.69, 9.17) is 14.9 Å². The average molecular weight is 300 g/mol. The van der Waals surface area contributed by atoms with Crippen LogP contribution in [0.25, 0.3) is 0 Å². The molecule has 116 valence electrons. The van der Waals surface area contributed by atoms with Crippen molar-refractivity contribution >= 4 is 5.97 Å². The number of aliphatic hydroxyl groups is 2. The van der Waals surface area contributed by atoms with Crippen LogP contribution in [0.3, 0.4) is 0 Å². The molecule has 9 heteroatoms. The number of carboxylic acids is 1. The van der Waals surface area contributed by atoms with Crippen LogP contribution < -0.4 is 11.2 Å². The number of aromatic amines is 1. The number of H-pyrrole nitrogens is 1. The molecule has 0 aliphatic carbocycles. The molecule has 9 nitrogen and oxygen atoms in total. The summed E-state index contributed by atoms with van der Waals surface area (Å²) in [5, 5.41) is 27.3. The zero-order chi connectivity index (χ0) is 15.6. The maximum absolute atomic E-state index is 11.8. The van der Waals surface area contributed by atoms with E-state index >= 15 is 0 Å². The van der Waals surface area contributed by atoms with Crippen molar-refractivity contribution in [3.05, 3.63) is 32.6 Å². The van der Waals surface area contributed by atoms with Crippen LogP contribution in [0.1, 0.15) is 24.6 Å². The molecule has 1 unspecified atom stereocenters. The Bertz CT molecular complexity index is 635. The first-order valence-corrected chi connectivity index (χ1v) is 6.43. The number of nitrogens with zero attached hydrogens (tertiary/aromatic N) is 1. The minimum atomic E-state index is -1.06. The number of hydrogen-bond donors (Lipinski definition) is 4. The van der Waals surface area contributed by atoms with E-state index in [0.29, 0.717) is 0 Å². The van der Waals surface area contributed by atoms with Gasteiger partial charge in [-0.25, -0.2) is 4.79 Å². The van der Waals surface area contributed by atoms with Crippen molar-refractivity contribution < 1.29 is 24.9 Å². The third-order valence-corrected chi connectivity index (χ3v) is 3.34. The van der Waals surface area contributed by atoms with Crippen LogP contribution in [0.5, 0.6) is 0 Å². The lowest BCUT2D eigenvalue weighted by Gasteiger charge is -2.15. The van der Waals surface area contributed by atoms with Crippen molar-refractivity contribution in [1.29, 1.82) is 0 Å². The molecule has 0 radical (unpaired) electrons. The van der Waals surface area contributed by atoms with Crippen LogP contribution in [0.4, 0.5) is 0 Å². The largest absolute Gasteiger partial charge is 0.481 e. The summed E-state index contributed by atoms with van der Waals surface area (Å²) >= 11 is 0. The second-order valence-electron chi connectivity index (χ2n) is 4.83. The van der Waals surface area contributed by atoms with E-state index in [1.54, 1.807) is 0 Å². The lowest BCUT2D eigenvalue weighted by molar-refractivity contribution is -0.136. The van der Waals surface area contributed by atoms with E-state index in [1.807, 2.05) is 0 Å². The summed E-state index contributed by atoms with van der Waals surface area (Å²) in [6.45, 7) is -0.387. The molecule has 1 saturated heterocycles. The summed E-state index contributed by atoms with van der Waals surface area (Å²) in [6, 6.07) is 0. The number of aromatic nitrogens is 2. The Morgan fingerprint density at radius 3 is 2.76 bits per heavy atom. The first kappa shape index (κ1) is 15.4. The smallest absolute Gasteiger partial charge is 0.330 e. The lowest BCUT2D eigenvalue weighted by Crippen LogP contribution is -2.34. The molecule has 0 bridgehead atoms. The van der Waals surface area contributed by atoms with Crippen LogP contribution in [0, 0.1) is 0 Å². The maximum Gasteiger partial charge on any atom is 0.330 e. The van der Waals surface area contributed by atoms with Gasteiger partial charge in [-0.15, -0.1) is 0 Å². The molecule has 1 aliphatic rings. The quantitative estimate of drug-likeness (QED) is 0.502. The molecule has 2 rings (SSSR count). The molecular formula is C12H16N2O7. The summed E-state index contributed by atoms with van der Waals surface area (Å²) in [5.74, 6) is -1.06. The Morgan fingerprint density at radius 1 is 1.48 bits per heavy atom. The Hall–Kier alpha value is -1.97. The van der Waals surface area contributed by atoms with Gasteiger partial charge in [-0.05, 0) is 6.42 Å². The molecule has 0 saturated carbocycles. The molecule has 0 spiro atoms. The van der Waals surface area contributed by atoms with Crippen molar-refractivity contribution in [1.82, 2.24) is 9.55 Å². The van der Waals surface area contributed by atoms with Gasteiger partial charge in [-0.3, -0.25) is 19.1 Å². The van der Waals surface area contributed by atoms with E-state index in [0.717, 1.165) is 4.57 Å². The second kappa shape index (κ2) is 6.20. The van der Waals surface area contributed by atoms with Crippen LogP contribution >= 0.6 is 0 Å². The Balaban J connectivity index is 2.28. The highest BCUT2D eigenvalue weighted by Gasteiger charge is 2.35. The fourth-order valence-corrected chi connectivity index (χ4v) is 2.21. The number of carbonyl (C=O) groups is 1. The number of hydrogen-bond acceptors (Lipinski definition) is 6. The van der Waals surface area contributed by atoms with Crippen molar-refractivity contribution in [2.45, 2.75) is 37.7 Å². The number of carboxylic acid groups (broad SMARTS) is 1. The molecule has 1 aromatic heterocycles. The predicted octanol–water partition coefficient (Wildman–Crippen LogP) is -1.81. The average Bonchev–Trinajstić information content (AvgIpc) is 2.78. The van der Waals surface area contributed by atoms with Gasteiger partial charge in [0.1, 0.15) is 12.3 Å². The van der Waals surface area contributed by atoms with Crippen molar-refractivity contribution in [2.75, 3.05) is 6.61 Å². The van der Waals surface area contributed by atoms with Crippen LogP contribution in [0.2, 0.25) is 0 Å². The number of ether oxygens (including phenoxy) is 1. The van der Waals surface area contributed by atoms with Gasteiger partial charge in [-0.1, -0.05) is 0 Å². The zero-order valence-electron chi connectivity index (χ0n) is 11.1. The summed E-state index contributed by atoms with van der Waals surface area (Å²) in [7, 11) is 0. The number of nitrogens with one attached hydrogen (secondary N) is 1. The summed E-state index contributed by atoms with van der Waals surface area (Å²) in [4.78, 5) is 36.0. The standard InChI is InChI=1S/C12H16N2O7/c15-5-8-7(16)3-9(21-8)14-4-6(1-2-10(17)18)11(19)13-12(14)20/h4,7-9,15-16H,1-3,5H2,(H,17,18)(H,13,19,20)/t7?,8-,9-/m1/s1. The fraction of sp³-hybridized carbons (Fsp3) is 0.583. The summed E-state index contributed by atoms with van der Waals surface area (Å²) in [6.07, 6.45) is -1.46. The molecule has 4 N–H and O–H groups in total. The van der Waals surface area contributed by atoms with E-state index in [1.165, 1.54) is 6.20 Å². The molecule has 0 aromatic carbocycles. The van der Waals surface area contributed by atoms with Gasteiger partial charge in [-0.2, -0.15) is 0 Å². The van der Waals surface area contributed by atoms with E-state index in [2.05, 4.69) is 4.98 Å². The Kier molecular flexibility index (Phi) is 4.56. The van der Waals surface area contributed by atoms with E-state index < -0.39 is 35.7 Å². The van der Waals surface area contributed by atoms with E-state index in [9.17, 15) is 19.5 Å². The highest BCUT2D eigenvalue weighted by molar-refractivity contribution is 5.67.